The molecule has 0 amide bonds. The lowest BCUT2D eigenvalue weighted by Crippen LogP contribution is -2.58. The lowest BCUT2D eigenvalue weighted by Gasteiger charge is -2.39. The number of aliphatic hydroxyl groups is 3. The smallest absolute Gasteiger partial charge is 0.337 e. The molecule has 3 rings (SSSR count). The lowest BCUT2D eigenvalue weighted by molar-refractivity contribution is -0.250. The Morgan fingerprint density at radius 2 is 1.82 bits per heavy atom. The van der Waals surface area contributed by atoms with Crippen molar-refractivity contribution in [3.63, 3.8) is 0 Å². The highest BCUT2D eigenvalue weighted by atomic mass is 32.2. The Morgan fingerprint density at radius 3 is 2.39 bits per heavy atom. The van der Waals surface area contributed by atoms with Crippen LogP contribution in [0.4, 0.5) is 0 Å². The zero-order valence-electron chi connectivity index (χ0n) is 14.5. The van der Waals surface area contributed by atoms with E-state index in [4.69, 9.17) is 9.88 Å². The van der Waals surface area contributed by atoms with Gasteiger partial charge in [0.15, 0.2) is 12.3 Å². The number of hydrogen-bond donors (Lipinski definition) is 4. The molecule has 2 aromatic rings. The molecule has 13 heteroatoms. The van der Waals surface area contributed by atoms with Crippen LogP contribution in [0.5, 0.6) is 0 Å². The molecule has 12 nitrogen and oxygen atoms in total. The van der Waals surface area contributed by atoms with Crippen molar-refractivity contribution >= 4 is 16.0 Å². The second kappa shape index (κ2) is 7.54. The topological polar surface area (TPSA) is 187 Å². The summed E-state index contributed by atoms with van der Waals surface area (Å²) in [6.45, 7) is 0. The van der Waals surface area contributed by atoms with Gasteiger partial charge < -0.3 is 24.8 Å². The van der Waals surface area contributed by atoms with Gasteiger partial charge in [0.25, 0.3) is 0 Å². The van der Waals surface area contributed by atoms with Gasteiger partial charge in [-0.05, 0) is 12.1 Å². The summed E-state index contributed by atoms with van der Waals surface area (Å²) in [6.07, 6.45) is -6.69. The molecule has 5 N–H and O–H groups in total. The third kappa shape index (κ3) is 3.63. The molecule has 1 aliphatic rings. The number of nitrogens with two attached hydrogens (primary N) is 1. The van der Waals surface area contributed by atoms with E-state index in [1.807, 2.05) is 0 Å². The number of nitrogens with zero attached hydrogens (tertiary/aromatic N) is 3. The summed E-state index contributed by atoms with van der Waals surface area (Å²) in [4.78, 5) is 11.7. The van der Waals surface area contributed by atoms with Crippen molar-refractivity contribution in [2.45, 2.75) is 35.5 Å². The molecule has 152 valence electrons. The van der Waals surface area contributed by atoms with E-state index in [1.165, 1.54) is 30.5 Å². The van der Waals surface area contributed by atoms with Crippen molar-refractivity contribution < 1.29 is 38.0 Å². The van der Waals surface area contributed by atoms with Crippen molar-refractivity contribution in [3.8, 4) is 11.3 Å². The average molecular weight is 414 g/mol. The van der Waals surface area contributed by atoms with Crippen molar-refractivity contribution in [3.05, 3.63) is 30.5 Å². The number of primary sulfonamides is 1. The predicted octanol–water partition coefficient (Wildman–Crippen LogP) is -2.25. The van der Waals surface area contributed by atoms with Crippen LogP contribution in [-0.2, 0) is 24.3 Å². The number of aromatic nitrogens is 3. The fourth-order valence-electron chi connectivity index (χ4n) is 2.83. The van der Waals surface area contributed by atoms with Gasteiger partial charge in [-0.25, -0.2) is 23.0 Å². The number of methoxy groups -OCH3 is 1. The van der Waals surface area contributed by atoms with Gasteiger partial charge in [0.1, 0.15) is 18.3 Å². The summed E-state index contributed by atoms with van der Waals surface area (Å²) in [5, 5.41) is 43.0. The van der Waals surface area contributed by atoms with E-state index < -0.39 is 46.6 Å². The average Bonchev–Trinajstić information content (AvgIpc) is 3.14. The number of carbonyl (C=O) groups is 1. The fraction of sp³-hybridized carbons (Fsp3) is 0.400. The van der Waals surface area contributed by atoms with Crippen LogP contribution in [0.1, 0.15) is 6.23 Å². The maximum atomic E-state index is 11.8. The number of carbonyl (C=O) groups excluding carboxylic acids is 1. The predicted molar refractivity (Wildman–Crippen MR) is 90.8 cm³/mol. The molecule has 0 saturated carbocycles. The van der Waals surface area contributed by atoms with E-state index in [0.717, 1.165) is 11.8 Å². The normalized spacial score (nSPS) is 28.1. The third-order valence-electron chi connectivity index (χ3n) is 4.32. The zero-order valence-corrected chi connectivity index (χ0v) is 15.3. The van der Waals surface area contributed by atoms with Crippen LogP contribution in [-0.4, -0.2) is 76.2 Å². The number of benzene rings is 1. The van der Waals surface area contributed by atoms with E-state index >= 15 is 0 Å². The van der Waals surface area contributed by atoms with Crippen LogP contribution >= 0.6 is 0 Å². The lowest BCUT2D eigenvalue weighted by atomic mass is 9.98. The number of aliphatic hydroxyl groups excluding tert-OH is 3. The molecule has 1 aliphatic heterocycles. The van der Waals surface area contributed by atoms with Gasteiger partial charge in [0, 0.05) is 5.56 Å². The highest BCUT2D eigenvalue weighted by Gasteiger charge is 2.48. The first-order valence-electron chi connectivity index (χ1n) is 7.96. The fourth-order valence-corrected chi connectivity index (χ4v) is 3.34. The second-order valence-electron chi connectivity index (χ2n) is 6.08. The molecular formula is C15H18N4O8S. The van der Waals surface area contributed by atoms with Crippen LogP contribution in [0, 0.1) is 0 Å². The van der Waals surface area contributed by atoms with Crippen LogP contribution in [0.3, 0.4) is 0 Å². The minimum atomic E-state index is -3.88. The van der Waals surface area contributed by atoms with E-state index in [-0.39, 0.29) is 10.6 Å². The Balaban J connectivity index is 1.97. The number of rotatable bonds is 4. The molecule has 0 aliphatic carbocycles. The standard InChI is InChI=1S/C15H18N4O8S/c1-26-15(23)13-11(21)10(20)12(22)14(27-13)19-9(6-17-18-19)7-2-4-8(5-3-7)28(16,24)25/h2-6,10-14,20-22H,1H3,(H2,16,24,25)/t10-,11-,12+,13-,14+/m0/s1. The van der Waals surface area contributed by atoms with Crippen LogP contribution < -0.4 is 5.14 Å². The Bertz CT molecular complexity index is 961. The van der Waals surface area contributed by atoms with Crippen molar-refractivity contribution in [1.29, 1.82) is 0 Å². The first-order valence-corrected chi connectivity index (χ1v) is 9.50. The molecule has 1 aromatic heterocycles. The van der Waals surface area contributed by atoms with Gasteiger partial charge in [-0.15, -0.1) is 5.10 Å². The van der Waals surface area contributed by atoms with E-state index in [0.29, 0.717) is 5.56 Å². The zero-order chi connectivity index (χ0) is 20.6. The number of sulfonamides is 1. The Labute approximate surface area is 159 Å². The summed E-state index contributed by atoms with van der Waals surface area (Å²) in [5.41, 5.74) is 0.737. The van der Waals surface area contributed by atoms with Gasteiger partial charge in [-0.2, -0.15) is 0 Å². The molecule has 28 heavy (non-hydrogen) atoms. The molecule has 0 bridgehead atoms. The van der Waals surface area contributed by atoms with Crippen molar-refractivity contribution in [1.82, 2.24) is 15.0 Å². The Hall–Kier alpha value is -2.42. The van der Waals surface area contributed by atoms with Gasteiger partial charge in [0.05, 0.1) is 23.9 Å². The molecule has 0 unspecified atom stereocenters. The summed E-state index contributed by atoms with van der Waals surface area (Å²) >= 11 is 0. The van der Waals surface area contributed by atoms with Crippen LogP contribution in [0.2, 0.25) is 0 Å². The van der Waals surface area contributed by atoms with E-state index in [9.17, 15) is 28.5 Å². The SMILES string of the molecule is COC(=O)[C@H]1O[C@@H](n2nncc2-c2ccc(S(N)(=O)=O)cc2)[C@H](O)[C@@H](O)[C@@H]1O. The van der Waals surface area contributed by atoms with Crippen LogP contribution in [0.25, 0.3) is 11.3 Å². The van der Waals surface area contributed by atoms with Crippen molar-refractivity contribution in [2.24, 2.45) is 5.14 Å². The third-order valence-corrected chi connectivity index (χ3v) is 5.25. The minimum absolute atomic E-state index is 0.103. The molecule has 1 aromatic carbocycles. The van der Waals surface area contributed by atoms with E-state index in [1.54, 1.807) is 0 Å². The molecule has 0 radical (unpaired) electrons. The molecular weight excluding hydrogens is 396 g/mol. The van der Waals surface area contributed by atoms with E-state index in [2.05, 4.69) is 15.0 Å². The molecule has 5 atom stereocenters. The maximum Gasteiger partial charge on any atom is 0.337 e. The minimum Gasteiger partial charge on any atom is -0.467 e. The quantitative estimate of drug-likeness (QED) is 0.398. The monoisotopic (exact) mass is 414 g/mol. The van der Waals surface area contributed by atoms with Gasteiger partial charge >= 0.3 is 5.97 Å². The highest BCUT2D eigenvalue weighted by Crippen LogP contribution is 2.32. The summed E-state index contributed by atoms with van der Waals surface area (Å²) < 4.78 is 33.8. The van der Waals surface area contributed by atoms with Gasteiger partial charge in [0.2, 0.25) is 10.0 Å². The second-order valence-corrected chi connectivity index (χ2v) is 7.64. The first kappa shape index (κ1) is 20.3. The largest absolute Gasteiger partial charge is 0.467 e. The summed E-state index contributed by atoms with van der Waals surface area (Å²) in [6, 6.07) is 5.42. The number of hydrogen-bond acceptors (Lipinski definition) is 10. The molecule has 1 fully saturated rings. The molecule has 0 spiro atoms. The number of esters is 1. The van der Waals surface area contributed by atoms with Crippen LogP contribution in [0.15, 0.2) is 35.4 Å². The number of ether oxygens (including phenoxy) is 2. The van der Waals surface area contributed by atoms with Gasteiger partial charge in [-0.3, -0.25) is 0 Å². The Kier molecular flexibility index (Phi) is 5.47. The maximum absolute atomic E-state index is 11.8. The Morgan fingerprint density at radius 1 is 1.18 bits per heavy atom. The summed E-state index contributed by atoms with van der Waals surface area (Å²) in [7, 11) is -2.79. The van der Waals surface area contributed by atoms with Crippen molar-refractivity contribution in [2.75, 3.05) is 7.11 Å². The molecule has 2 heterocycles. The summed E-state index contributed by atoms with van der Waals surface area (Å²) in [5.74, 6) is -0.942. The van der Waals surface area contributed by atoms with Gasteiger partial charge in [-0.1, -0.05) is 17.3 Å². The molecule has 1 saturated heterocycles. The highest BCUT2D eigenvalue weighted by molar-refractivity contribution is 7.89. The first-order chi connectivity index (χ1) is 13.1.